The fourth-order valence-corrected chi connectivity index (χ4v) is 3.52. The Hall–Kier alpha value is -2.47. The molecule has 0 aromatic heterocycles. The lowest BCUT2D eigenvalue weighted by molar-refractivity contribution is -0.121. The quantitative estimate of drug-likeness (QED) is 0.916. The van der Waals surface area contributed by atoms with Gasteiger partial charge in [0.15, 0.2) is 0 Å². The van der Waals surface area contributed by atoms with Crippen LogP contribution in [0, 0.1) is 0 Å². The first-order valence-electron chi connectivity index (χ1n) is 8.12. The molecule has 0 unspecified atom stereocenters. The van der Waals surface area contributed by atoms with E-state index in [0.717, 1.165) is 5.56 Å². The van der Waals surface area contributed by atoms with E-state index in [4.69, 9.17) is 0 Å². The molecule has 25 heavy (non-hydrogen) atoms. The summed E-state index contributed by atoms with van der Waals surface area (Å²) in [5.41, 5.74) is 1.48. The number of carbonyl (C=O) groups is 2. The van der Waals surface area contributed by atoms with Gasteiger partial charge in [-0.25, -0.2) is 0 Å². The van der Waals surface area contributed by atoms with Crippen LogP contribution in [-0.2, 0) is 15.6 Å². The van der Waals surface area contributed by atoms with E-state index in [9.17, 15) is 13.8 Å². The summed E-state index contributed by atoms with van der Waals surface area (Å²) in [5.74, 6) is -0.181. The van der Waals surface area contributed by atoms with Crippen molar-refractivity contribution in [3.05, 3.63) is 65.7 Å². The van der Waals surface area contributed by atoms with Crippen LogP contribution in [0.15, 0.2) is 59.5 Å². The van der Waals surface area contributed by atoms with Crippen molar-refractivity contribution in [1.29, 1.82) is 0 Å². The molecular formula is C19H20N2O3S. The maximum Gasteiger partial charge on any atom is 0.254 e. The molecular weight excluding hydrogens is 336 g/mol. The summed E-state index contributed by atoms with van der Waals surface area (Å²) in [7, 11) is -1.08. The van der Waals surface area contributed by atoms with Gasteiger partial charge >= 0.3 is 0 Å². The summed E-state index contributed by atoms with van der Waals surface area (Å²) in [6.45, 7) is 0.885. The van der Waals surface area contributed by atoms with Crippen LogP contribution in [0.25, 0.3) is 0 Å². The standard InChI is InChI=1S/C19H20N2O3S/c1-25(24)16-9-7-15(8-10-16)19(23)21-12-11-20-18(22)13-17(21)14-5-3-2-4-6-14/h2-10,17H,11-13H2,1H3,(H,20,22)/t17-,25-/m1/s1. The molecule has 6 heteroatoms. The van der Waals surface area contributed by atoms with Crippen LogP contribution in [0.3, 0.4) is 0 Å². The van der Waals surface area contributed by atoms with Crippen molar-refractivity contribution in [2.24, 2.45) is 0 Å². The number of nitrogens with zero attached hydrogens (tertiary/aromatic N) is 1. The first-order chi connectivity index (χ1) is 12.1. The fraction of sp³-hybridized carbons (Fsp3) is 0.263. The van der Waals surface area contributed by atoms with Gasteiger partial charge in [-0.2, -0.15) is 0 Å². The second kappa shape index (κ2) is 7.61. The van der Waals surface area contributed by atoms with Crippen molar-refractivity contribution < 1.29 is 13.8 Å². The third-order valence-electron chi connectivity index (χ3n) is 4.31. The van der Waals surface area contributed by atoms with Crippen molar-refractivity contribution in [2.45, 2.75) is 17.4 Å². The summed E-state index contributed by atoms with van der Waals surface area (Å²) in [5, 5.41) is 2.83. The van der Waals surface area contributed by atoms with Gasteiger partial charge in [-0.05, 0) is 29.8 Å². The van der Waals surface area contributed by atoms with E-state index in [1.165, 1.54) is 0 Å². The van der Waals surface area contributed by atoms with Gasteiger partial charge < -0.3 is 10.2 Å². The molecule has 5 nitrogen and oxygen atoms in total. The molecule has 3 rings (SSSR count). The summed E-state index contributed by atoms with van der Waals surface area (Å²) < 4.78 is 11.5. The van der Waals surface area contributed by atoms with E-state index >= 15 is 0 Å². The molecule has 1 N–H and O–H groups in total. The lowest BCUT2D eigenvalue weighted by Gasteiger charge is -2.29. The van der Waals surface area contributed by atoms with Gasteiger partial charge in [0.25, 0.3) is 5.91 Å². The number of rotatable bonds is 3. The molecule has 1 heterocycles. The van der Waals surface area contributed by atoms with Gasteiger partial charge in [-0.3, -0.25) is 13.8 Å². The number of amides is 2. The number of benzene rings is 2. The van der Waals surface area contributed by atoms with E-state index < -0.39 is 10.8 Å². The molecule has 0 bridgehead atoms. The molecule has 0 saturated carbocycles. The number of carbonyl (C=O) groups excluding carboxylic acids is 2. The summed E-state index contributed by atoms with van der Waals surface area (Å²) >= 11 is 0. The molecule has 0 radical (unpaired) electrons. The fourth-order valence-electron chi connectivity index (χ4n) is 3.00. The van der Waals surface area contributed by atoms with Crippen LogP contribution in [0.5, 0.6) is 0 Å². The molecule has 1 aliphatic heterocycles. The second-order valence-electron chi connectivity index (χ2n) is 5.96. The Bertz CT molecular complexity index is 790. The van der Waals surface area contributed by atoms with Gasteiger partial charge in [0.05, 0.1) is 12.5 Å². The molecule has 2 atom stereocenters. The minimum atomic E-state index is -1.08. The zero-order chi connectivity index (χ0) is 17.8. The Labute approximate surface area is 149 Å². The topological polar surface area (TPSA) is 66.5 Å². The van der Waals surface area contributed by atoms with Gasteiger partial charge in [0.2, 0.25) is 5.91 Å². The van der Waals surface area contributed by atoms with Crippen LogP contribution in [0.4, 0.5) is 0 Å². The van der Waals surface area contributed by atoms with E-state index in [-0.39, 0.29) is 24.3 Å². The van der Waals surface area contributed by atoms with Gasteiger partial charge in [0, 0.05) is 40.6 Å². The van der Waals surface area contributed by atoms with Crippen LogP contribution >= 0.6 is 0 Å². The smallest absolute Gasteiger partial charge is 0.254 e. The highest BCUT2D eigenvalue weighted by atomic mass is 32.2. The Kier molecular flexibility index (Phi) is 5.28. The van der Waals surface area contributed by atoms with E-state index in [1.54, 1.807) is 35.4 Å². The molecule has 1 saturated heterocycles. The Morgan fingerprint density at radius 1 is 1.12 bits per heavy atom. The second-order valence-corrected chi connectivity index (χ2v) is 7.34. The van der Waals surface area contributed by atoms with Gasteiger partial charge in [-0.15, -0.1) is 0 Å². The first-order valence-corrected chi connectivity index (χ1v) is 9.68. The summed E-state index contributed by atoms with van der Waals surface area (Å²) in [6, 6.07) is 16.1. The van der Waals surface area contributed by atoms with Crippen molar-refractivity contribution in [3.63, 3.8) is 0 Å². The largest absolute Gasteiger partial charge is 0.354 e. The van der Waals surface area contributed by atoms with Gasteiger partial charge in [-0.1, -0.05) is 30.3 Å². The number of nitrogens with one attached hydrogen (secondary N) is 1. The van der Waals surface area contributed by atoms with Crippen LogP contribution in [0.1, 0.15) is 28.4 Å². The SMILES string of the molecule is C[S@@](=O)c1ccc(C(=O)N2CCNC(=O)C[C@@H]2c2ccccc2)cc1. The average Bonchev–Trinajstić information content (AvgIpc) is 2.83. The van der Waals surface area contributed by atoms with Crippen LogP contribution < -0.4 is 5.32 Å². The molecule has 130 valence electrons. The van der Waals surface area contributed by atoms with Crippen LogP contribution in [0.2, 0.25) is 0 Å². The highest BCUT2D eigenvalue weighted by Crippen LogP contribution is 2.27. The number of hydrogen-bond acceptors (Lipinski definition) is 3. The van der Waals surface area contributed by atoms with Crippen molar-refractivity contribution in [3.8, 4) is 0 Å². The zero-order valence-corrected chi connectivity index (χ0v) is 14.8. The molecule has 1 fully saturated rings. The molecule has 1 aliphatic rings. The Balaban J connectivity index is 1.92. The lowest BCUT2D eigenvalue weighted by Crippen LogP contribution is -2.36. The normalized spacial score (nSPS) is 19.0. The van der Waals surface area contributed by atoms with E-state index in [1.807, 2.05) is 30.3 Å². The summed E-state index contributed by atoms with van der Waals surface area (Å²) in [6.07, 6.45) is 1.85. The maximum atomic E-state index is 13.0. The molecule has 2 aromatic carbocycles. The first kappa shape index (κ1) is 17.4. The van der Waals surface area contributed by atoms with Crippen molar-refractivity contribution in [2.75, 3.05) is 19.3 Å². The lowest BCUT2D eigenvalue weighted by atomic mass is 10.0. The van der Waals surface area contributed by atoms with Gasteiger partial charge in [0.1, 0.15) is 0 Å². The van der Waals surface area contributed by atoms with Crippen molar-refractivity contribution >= 4 is 22.6 Å². The molecule has 2 aromatic rings. The summed E-state index contributed by atoms with van der Waals surface area (Å²) in [4.78, 5) is 27.5. The predicted molar refractivity (Wildman–Crippen MR) is 96.6 cm³/mol. The predicted octanol–water partition coefficient (Wildman–Crippen LogP) is 2.13. The molecule has 0 spiro atoms. The maximum absolute atomic E-state index is 13.0. The minimum Gasteiger partial charge on any atom is -0.354 e. The Morgan fingerprint density at radius 2 is 1.80 bits per heavy atom. The third-order valence-corrected chi connectivity index (χ3v) is 5.24. The Morgan fingerprint density at radius 3 is 2.44 bits per heavy atom. The number of hydrogen-bond donors (Lipinski definition) is 1. The monoisotopic (exact) mass is 356 g/mol. The van der Waals surface area contributed by atoms with E-state index in [0.29, 0.717) is 23.5 Å². The third kappa shape index (κ3) is 3.96. The van der Waals surface area contributed by atoms with Crippen LogP contribution in [-0.4, -0.2) is 40.3 Å². The molecule has 2 amide bonds. The zero-order valence-electron chi connectivity index (χ0n) is 14.0. The highest BCUT2D eigenvalue weighted by Gasteiger charge is 2.30. The molecule has 0 aliphatic carbocycles. The minimum absolute atomic E-state index is 0.0547. The average molecular weight is 356 g/mol. The van der Waals surface area contributed by atoms with Crippen molar-refractivity contribution in [1.82, 2.24) is 10.2 Å². The van der Waals surface area contributed by atoms with E-state index in [2.05, 4.69) is 5.32 Å². The highest BCUT2D eigenvalue weighted by molar-refractivity contribution is 7.84.